The van der Waals surface area contributed by atoms with Gasteiger partial charge in [0.2, 0.25) is 5.91 Å². The first-order valence-electron chi connectivity index (χ1n) is 11.2. The molecule has 3 rings (SSSR count). The first-order valence-corrected chi connectivity index (χ1v) is 11.2. The van der Waals surface area contributed by atoms with Crippen molar-refractivity contribution in [2.45, 2.75) is 71.8 Å². The Morgan fingerprint density at radius 1 is 1.07 bits per heavy atom. The number of urea groups is 1. The Labute approximate surface area is 174 Å². The molecule has 1 saturated carbocycles. The zero-order chi connectivity index (χ0) is 21.0. The molecule has 1 atom stereocenters. The van der Waals surface area contributed by atoms with Crippen LogP contribution in [0.1, 0.15) is 74.9 Å². The van der Waals surface area contributed by atoms with Gasteiger partial charge < -0.3 is 15.1 Å². The Morgan fingerprint density at radius 3 is 2.28 bits per heavy atom. The van der Waals surface area contributed by atoms with Crippen LogP contribution in [0.3, 0.4) is 0 Å². The number of rotatable bonds is 5. The summed E-state index contributed by atoms with van der Waals surface area (Å²) >= 11 is 0. The molecule has 1 N–H and O–H groups in total. The normalized spacial score (nSPS) is 19.3. The lowest BCUT2D eigenvalue weighted by molar-refractivity contribution is -0.133. The van der Waals surface area contributed by atoms with Gasteiger partial charge in [0.15, 0.2) is 0 Å². The fourth-order valence-electron chi connectivity index (χ4n) is 4.89. The van der Waals surface area contributed by atoms with Gasteiger partial charge in [-0.05, 0) is 33.1 Å². The highest BCUT2D eigenvalue weighted by molar-refractivity contribution is 5.78. The summed E-state index contributed by atoms with van der Waals surface area (Å²) in [4.78, 5) is 29.0. The smallest absolute Gasteiger partial charge is 0.317 e. The molecule has 1 saturated heterocycles. The van der Waals surface area contributed by atoms with E-state index in [0.717, 1.165) is 29.3 Å². The molecule has 29 heavy (non-hydrogen) atoms. The summed E-state index contributed by atoms with van der Waals surface area (Å²) in [6.45, 7) is 8.46. The second-order valence-electron chi connectivity index (χ2n) is 8.79. The first kappa shape index (κ1) is 21.7. The molecule has 1 aliphatic heterocycles. The average molecular weight is 404 g/mol. The van der Waals surface area contributed by atoms with Crippen molar-refractivity contribution in [3.8, 4) is 0 Å². The predicted molar refractivity (Wildman–Crippen MR) is 114 cm³/mol. The van der Waals surface area contributed by atoms with E-state index in [9.17, 15) is 9.59 Å². The number of amides is 3. The van der Waals surface area contributed by atoms with Gasteiger partial charge in [-0.15, -0.1) is 0 Å². The van der Waals surface area contributed by atoms with E-state index in [2.05, 4.69) is 10.4 Å². The lowest BCUT2D eigenvalue weighted by Crippen LogP contribution is -2.53. The van der Waals surface area contributed by atoms with E-state index >= 15 is 0 Å². The lowest BCUT2D eigenvalue weighted by atomic mass is 9.86. The maximum Gasteiger partial charge on any atom is 0.317 e. The van der Waals surface area contributed by atoms with Gasteiger partial charge in [0, 0.05) is 50.9 Å². The van der Waals surface area contributed by atoms with Crippen LogP contribution in [0, 0.1) is 19.8 Å². The number of carbonyl (C=O) groups is 2. The van der Waals surface area contributed by atoms with Gasteiger partial charge in [-0.3, -0.25) is 9.48 Å². The Morgan fingerprint density at radius 2 is 1.69 bits per heavy atom. The largest absolute Gasteiger partial charge is 0.339 e. The van der Waals surface area contributed by atoms with Crippen molar-refractivity contribution in [2.75, 3.05) is 26.2 Å². The van der Waals surface area contributed by atoms with Crippen LogP contribution >= 0.6 is 0 Å². The van der Waals surface area contributed by atoms with Gasteiger partial charge in [0.1, 0.15) is 0 Å². The summed E-state index contributed by atoms with van der Waals surface area (Å²) in [5, 5.41) is 7.54. The van der Waals surface area contributed by atoms with Crippen molar-refractivity contribution in [1.29, 1.82) is 0 Å². The van der Waals surface area contributed by atoms with Crippen molar-refractivity contribution in [3.63, 3.8) is 0 Å². The predicted octanol–water partition coefficient (Wildman–Crippen LogP) is 3.31. The molecule has 1 aliphatic carbocycles. The standard InChI is InChI=1S/C22H37N5O2/c1-16(21-17(2)24-25(4)18(21)3)23-22(29)27-14-12-26(13-15-27)20(28)11-10-19-8-6-5-7-9-19/h16,19H,5-15H2,1-4H3,(H,23,29). The van der Waals surface area contributed by atoms with Crippen LogP contribution in [0.5, 0.6) is 0 Å². The summed E-state index contributed by atoms with van der Waals surface area (Å²) in [5.41, 5.74) is 3.10. The van der Waals surface area contributed by atoms with Crippen molar-refractivity contribution in [2.24, 2.45) is 13.0 Å². The third-order valence-electron chi connectivity index (χ3n) is 6.75. The Hall–Kier alpha value is -2.05. The molecule has 2 heterocycles. The van der Waals surface area contributed by atoms with Crippen molar-refractivity contribution in [1.82, 2.24) is 24.9 Å². The minimum absolute atomic E-state index is 0.0607. The van der Waals surface area contributed by atoms with Gasteiger partial charge in [-0.25, -0.2) is 4.79 Å². The number of aryl methyl sites for hydroxylation is 2. The molecule has 0 bridgehead atoms. The number of nitrogens with zero attached hydrogens (tertiary/aromatic N) is 4. The highest BCUT2D eigenvalue weighted by Crippen LogP contribution is 2.27. The van der Waals surface area contributed by atoms with Gasteiger partial charge in [0.05, 0.1) is 11.7 Å². The Bertz CT molecular complexity index is 715. The molecule has 1 unspecified atom stereocenters. The quantitative estimate of drug-likeness (QED) is 0.820. The molecule has 3 amide bonds. The van der Waals surface area contributed by atoms with Gasteiger partial charge in [-0.2, -0.15) is 5.10 Å². The molecular formula is C22H37N5O2. The highest BCUT2D eigenvalue weighted by Gasteiger charge is 2.26. The summed E-state index contributed by atoms with van der Waals surface area (Å²) in [5.74, 6) is 0.992. The molecule has 7 nitrogen and oxygen atoms in total. The molecular weight excluding hydrogens is 366 g/mol. The van der Waals surface area contributed by atoms with Crippen LogP contribution in [0.25, 0.3) is 0 Å². The fourth-order valence-corrected chi connectivity index (χ4v) is 4.89. The van der Waals surface area contributed by atoms with Crippen LogP contribution in [0.4, 0.5) is 4.79 Å². The fraction of sp³-hybridized carbons (Fsp3) is 0.773. The summed E-state index contributed by atoms with van der Waals surface area (Å²) in [6, 6.07) is -0.152. The van der Waals surface area contributed by atoms with Crippen LogP contribution < -0.4 is 5.32 Å². The SMILES string of the molecule is Cc1nn(C)c(C)c1C(C)NC(=O)N1CCN(C(=O)CCC2CCCCC2)CC1. The van der Waals surface area contributed by atoms with E-state index < -0.39 is 0 Å². The first-order chi connectivity index (χ1) is 13.9. The summed E-state index contributed by atoms with van der Waals surface area (Å²) in [7, 11) is 1.92. The van der Waals surface area contributed by atoms with Gasteiger partial charge in [-0.1, -0.05) is 32.1 Å². The van der Waals surface area contributed by atoms with E-state index in [1.165, 1.54) is 32.1 Å². The topological polar surface area (TPSA) is 70.5 Å². The molecule has 2 aliphatic rings. The number of hydrogen-bond donors (Lipinski definition) is 1. The molecule has 162 valence electrons. The van der Waals surface area contributed by atoms with Crippen molar-refractivity contribution >= 4 is 11.9 Å². The number of nitrogens with one attached hydrogen (secondary N) is 1. The molecule has 1 aromatic rings. The second-order valence-corrected chi connectivity index (χ2v) is 8.79. The van der Waals surface area contributed by atoms with Crippen LogP contribution in [0.2, 0.25) is 0 Å². The van der Waals surface area contributed by atoms with Crippen LogP contribution in [-0.2, 0) is 11.8 Å². The van der Waals surface area contributed by atoms with E-state index in [4.69, 9.17) is 0 Å². The molecule has 0 radical (unpaired) electrons. The summed E-state index contributed by atoms with van der Waals surface area (Å²) in [6.07, 6.45) is 8.26. The van der Waals surface area contributed by atoms with E-state index in [1.807, 2.05) is 42.3 Å². The van der Waals surface area contributed by atoms with Crippen molar-refractivity contribution in [3.05, 3.63) is 17.0 Å². The Kier molecular flexibility index (Phi) is 7.19. The molecule has 1 aromatic heterocycles. The monoisotopic (exact) mass is 403 g/mol. The third-order valence-corrected chi connectivity index (χ3v) is 6.75. The second kappa shape index (κ2) is 9.63. The minimum atomic E-state index is -0.0913. The van der Waals surface area contributed by atoms with E-state index in [0.29, 0.717) is 32.6 Å². The molecule has 0 aromatic carbocycles. The van der Waals surface area contributed by atoms with Crippen LogP contribution in [0.15, 0.2) is 0 Å². The lowest BCUT2D eigenvalue weighted by Gasteiger charge is -2.35. The highest BCUT2D eigenvalue weighted by atomic mass is 16.2. The van der Waals surface area contributed by atoms with Gasteiger partial charge in [0.25, 0.3) is 0 Å². The Balaban J connectivity index is 1.43. The van der Waals surface area contributed by atoms with Gasteiger partial charge >= 0.3 is 6.03 Å². The minimum Gasteiger partial charge on any atom is -0.339 e. The van der Waals surface area contributed by atoms with Crippen LogP contribution in [-0.4, -0.2) is 57.7 Å². The summed E-state index contributed by atoms with van der Waals surface area (Å²) < 4.78 is 1.85. The zero-order valence-electron chi connectivity index (χ0n) is 18.5. The maximum absolute atomic E-state index is 12.7. The number of piperazine rings is 1. The van der Waals surface area contributed by atoms with E-state index in [-0.39, 0.29) is 18.0 Å². The number of hydrogen-bond acceptors (Lipinski definition) is 3. The molecule has 2 fully saturated rings. The number of carbonyl (C=O) groups excluding carboxylic acids is 2. The third kappa shape index (κ3) is 5.31. The molecule has 0 spiro atoms. The zero-order valence-corrected chi connectivity index (χ0v) is 18.5. The van der Waals surface area contributed by atoms with Crippen molar-refractivity contribution < 1.29 is 9.59 Å². The molecule has 7 heteroatoms. The van der Waals surface area contributed by atoms with E-state index in [1.54, 1.807) is 0 Å². The maximum atomic E-state index is 12.7. The average Bonchev–Trinajstić information content (AvgIpc) is 2.98. The number of aromatic nitrogens is 2.